The second kappa shape index (κ2) is 6.11. The van der Waals surface area contributed by atoms with Gasteiger partial charge >= 0.3 is 12.3 Å². The van der Waals surface area contributed by atoms with Crippen molar-refractivity contribution in [3.63, 3.8) is 0 Å². The summed E-state index contributed by atoms with van der Waals surface area (Å²) < 4.78 is 45.9. The molecule has 1 aliphatic rings. The van der Waals surface area contributed by atoms with Crippen molar-refractivity contribution >= 4 is 22.7 Å². The molecular formula is C18H13F3N4O2. The fourth-order valence-corrected chi connectivity index (χ4v) is 2.99. The molecule has 0 saturated heterocycles. The average molecular weight is 374 g/mol. The van der Waals surface area contributed by atoms with Crippen molar-refractivity contribution in [3.8, 4) is 11.1 Å². The van der Waals surface area contributed by atoms with Crippen LogP contribution < -0.4 is 5.43 Å². The molecule has 0 atom stereocenters. The number of rotatable bonds is 2. The summed E-state index contributed by atoms with van der Waals surface area (Å²) in [4.78, 5) is 11.0. The number of hydrogen-bond donors (Lipinski definition) is 2. The second-order valence-electron chi connectivity index (χ2n) is 6.07. The molecule has 9 heteroatoms. The van der Waals surface area contributed by atoms with Crippen LogP contribution in [0.4, 0.5) is 18.0 Å². The Morgan fingerprint density at radius 1 is 1.11 bits per heavy atom. The van der Waals surface area contributed by atoms with Crippen LogP contribution in [-0.4, -0.2) is 28.6 Å². The molecule has 1 amide bonds. The minimum atomic E-state index is -4.57. The molecule has 2 aromatic carbocycles. The van der Waals surface area contributed by atoms with E-state index in [0.29, 0.717) is 11.1 Å². The van der Waals surface area contributed by atoms with Crippen molar-refractivity contribution < 1.29 is 22.7 Å². The Labute approximate surface area is 151 Å². The molecule has 0 saturated carbocycles. The lowest BCUT2D eigenvalue weighted by Crippen LogP contribution is -2.30. The maximum atomic E-state index is 13.7. The second-order valence-corrected chi connectivity index (χ2v) is 6.07. The number of hydrazone groups is 1. The Kier molecular flexibility index (Phi) is 3.87. The van der Waals surface area contributed by atoms with E-state index in [2.05, 4.69) is 20.7 Å². The van der Waals surface area contributed by atoms with E-state index in [9.17, 15) is 18.0 Å². The van der Waals surface area contributed by atoms with Crippen molar-refractivity contribution in [2.24, 2.45) is 5.10 Å². The van der Waals surface area contributed by atoms with Crippen LogP contribution >= 0.6 is 0 Å². The Morgan fingerprint density at radius 3 is 2.59 bits per heavy atom. The zero-order valence-corrected chi connectivity index (χ0v) is 14.0. The molecule has 2 heterocycles. The maximum Gasteiger partial charge on any atom is 0.428 e. The molecule has 138 valence electrons. The molecule has 0 aliphatic carbocycles. The SMILES string of the molecule is Cc1n[nH]c2cc(-c3ccc(C4=NNC(=O)OC4)cc3C(F)(F)F)ccc12. The number of cyclic esters (lactones) is 1. The quantitative estimate of drug-likeness (QED) is 0.712. The van der Waals surface area contributed by atoms with Gasteiger partial charge in [0.25, 0.3) is 0 Å². The first-order valence-corrected chi connectivity index (χ1v) is 7.99. The van der Waals surface area contributed by atoms with Crippen LogP contribution in [-0.2, 0) is 10.9 Å². The number of carbonyl (C=O) groups is 1. The predicted molar refractivity (Wildman–Crippen MR) is 92.3 cm³/mol. The molecule has 4 rings (SSSR count). The summed E-state index contributed by atoms with van der Waals surface area (Å²) in [5, 5.41) is 11.5. The Balaban J connectivity index is 1.83. The van der Waals surface area contributed by atoms with E-state index in [-0.39, 0.29) is 23.4 Å². The van der Waals surface area contributed by atoms with Gasteiger partial charge < -0.3 is 4.74 Å². The number of H-pyrrole nitrogens is 1. The number of aromatic nitrogens is 2. The van der Waals surface area contributed by atoms with Gasteiger partial charge in [-0.25, -0.2) is 10.2 Å². The number of nitrogens with zero attached hydrogens (tertiary/aromatic N) is 2. The number of halogens is 3. The van der Waals surface area contributed by atoms with E-state index >= 15 is 0 Å². The molecular weight excluding hydrogens is 361 g/mol. The number of fused-ring (bicyclic) bond motifs is 1. The third kappa shape index (κ3) is 3.12. The first-order valence-electron chi connectivity index (χ1n) is 7.99. The molecule has 0 spiro atoms. The number of alkyl halides is 3. The molecule has 0 fully saturated rings. The van der Waals surface area contributed by atoms with Crippen LogP contribution in [0.3, 0.4) is 0 Å². The molecule has 0 bridgehead atoms. The number of amides is 1. The molecule has 3 aromatic rings. The van der Waals surface area contributed by atoms with Crippen LogP contribution in [0.1, 0.15) is 16.8 Å². The van der Waals surface area contributed by atoms with Gasteiger partial charge in [-0.3, -0.25) is 5.10 Å². The summed E-state index contributed by atoms with van der Waals surface area (Å²) in [5.74, 6) is 0. The highest BCUT2D eigenvalue weighted by Crippen LogP contribution is 2.38. The predicted octanol–water partition coefficient (Wildman–Crippen LogP) is 4.00. The standard InChI is InChI=1S/C18H13F3N4O2/c1-9-12-4-2-10(7-15(12)23-22-9)13-5-3-11(6-14(13)18(19,20)21)16-8-27-17(26)25-24-16/h2-7H,8H2,1H3,(H,22,23)(H,25,26). The normalized spacial score (nSPS) is 14.7. The highest BCUT2D eigenvalue weighted by Gasteiger charge is 2.34. The molecule has 0 unspecified atom stereocenters. The van der Waals surface area contributed by atoms with E-state index in [4.69, 9.17) is 4.74 Å². The van der Waals surface area contributed by atoms with Crippen molar-refractivity contribution in [3.05, 3.63) is 53.2 Å². The third-order valence-corrected chi connectivity index (χ3v) is 4.34. The average Bonchev–Trinajstić information content (AvgIpc) is 3.01. The zero-order chi connectivity index (χ0) is 19.2. The molecule has 6 nitrogen and oxygen atoms in total. The lowest BCUT2D eigenvalue weighted by atomic mass is 9.95. The van der Waals surface area contributed by atoms with Gasteiger partial charge in [-0.05, 0) is 30.2 Å². The van der Waals surface area contributed by atoms with Gasteiger partial charge in [-0.2, -0.15) is 23.4 Å². The molecule has 2 N–H and O–H groups in total. The van der Waals surface area contributed by atoms with Crippen molar-refractivity contribution in [2.75, 3.05) is 6.61 Å². The minimum Gasteiger partial charge on any atom is -0.442 e. The molecule has 27 heavy (non-hydrogen) atoms. The van der Waals surface area contributed by atoms with Crippen molar-refractivity contribution in [2.45, 2.75) is 13.1 Å². The number of carbonyl (C=O) groups excluding carboxylic acids is 1. The fraction of sp³-hybridized carbons (Fsp3) is 0.167. The summed E-state index contributed by atoms with van der Waals surface area (Å²) in [6.45, 7) is 1.63. The topological polar surface area (TPSA) is 79.4 Å². The zero-order valence-electron chi connectivity index (χ0n) is 14.0. The Hall–Kier alpha value is -3.36. The van der Waals surface area contributed by atoms with Gasteiger partial charge in [-0.1, -0.05) is 24.3 Å². The number of aromatic amines is 1. The lowest BCUT2D eigenvalue weighted by Gasteiger charge is -2.17. The van der Waals surface area contributed by atoms with Crippen LogP contribution in [0.15, 0.2) is 41.5 Å². The van der Waals surface area contributed by atoms with E-state index in [0.717, 1.165) is 17.1 Å². The number of aryl methyl sites for hydroxylation is 1. The highest BCUT2D eigenvalue weighted by molar-refractivity contribution is 6.04. The van der Waals surface area contributed by atoms with Crippen molar-refractivity contribution in [1.82, 2.24) is 15.6 Å². The van der Waals surface area contributed by atoms with Gasteiger partial charge in [0.15, 0.2) is 0 Å². The number of ether oxygens (including phenoxy) is 1. The smallest absolute Gasteiger partial charge is 0.428 e. The Morgan fingerprint density at radius 2 is 1.89 bits per heavy atom. The van der Waals surface area contributed by atoms with E-state index in [1.54, 1.807) is 18.2 Å². The van der Waals surface area contributed by atoms with E-state index in [1.807, 2.05) is 6.92 Å². The third-order valence-electron chi connectivity index (χ3n) is 4.34. The number of benzene rings is 2. The largest absolute Gasteiger partial charge is 0.442 e. The monoisotopic (exact) mass is 374 g/mol. The molecule has 1 aliphatic heterocycles. The highest BCUT2D eigenvalue weighted by atomic mass is 19.4. The fourth-order valence-electron chi connectivity index (χ4n) is 2.99. The van der Waals surface area contributed by atoms with Gasteiger partial charge in [0.2, 0.25) is 0 Å². The summed E-state index contributed by atoms with van der Waals surface area (Å²) in [7, 11) is 0. The summed E-state index contributed by atoms with van der Waals surface area (Å²) in [5.41, 5.74) is 3.64. The van der Waals surface area contributed by atoms with Crippen LogP contribution in [0.5, 0.6) is 0 Å². The maximum absolute atomic E-state index is 13.7. The van der Waals surface area contributed by atoms with Gasteiger partial charge in [0, 0.05) is 10.9 Å². The van der Waals surface area contributed by atoms with Crippen LogP contribution in [0, 0.1) is 6.92 Å². The van der Waals surface area contributed by atoms with Gasteiger partial charge in [0.1, 0.15) is 12.3 Å². The lowest BCUT2D eigenvalue weighted by molar-refractivity contribution is -0.137. The first kappa shape index (κ1) is 17.1. The summed E-state index contributed by atoms with van der Waals surface area (Å²) in [6.07, 6.45) is -5.31. The van der Waals surface area contributed by atoms with Crippen molar-refractivity contribution in [1.29, 1.82) is 0 Å². The summed E-state index contributed by atoms with van der Waals surface area (Å²) in [6, 6.07) is 8.94. The van der Waals surface area contributed by atoms with Crippen LogP contribution in [0.25, 0.3) is 22.0 Å². The molecule has 1 aromatic heterocycles. The Bertz CT molecular complexity index is 1090. The first-order chi connectivity index (χ1) is 12.8. The molecule has 0 radical (unpaired) electrons. The van der Waals surface area contributed by atoms with E-state index < -0.39 is 17.8 Å². The van der Waals surface area contributed by atoms with Gasteiger partial charge in [0.05, 0.1) is 16.8 Å². The minimum absolute atomic E-state index is 0.0433. The number of nitrogens with one attached hydrogen (secondary N) is 2. The van der Waals surface area contributed by atoms with Crippen LogP contribution in [0.2, 0.25) is 0 Å². The van der Waals surface area contributed by atoms with Gasteiger partial charge in [-0.15, -0.1) is 0 Å². The summed E-state index contributed by atoms with van der Waals surface area (Å²) >= 11 is 0. The van der Waals surface area contributed by atoms with E-state index in [1.165, 1.54) is 12.1 Å². The number of hydrogen-bond acceptors (Lipinski definition) is 4.